The Balaban J connectivity index is 1.48. The fraction of sp³-hybridized carbons (Fsp3) is 0.303. The molecule has 50 heavy (non-hydrogen) atoms. The highest BCUT2D eigenvalue weighted by atomic mass is 35.5. The molecular formula is C33H33Cl2N7O8. The van der Waals surface area contributed by atoms with E-state index in [4.69, 9.17) is 27.9 Å². The Morgan fingerprint density at radius 3 is 2.20 bits per heavy atom. The van der Waals surface area contributed by atoms with E-state index in [-0.39, 0.29) is 34.3 Å². The first-order valence-corrected chi connectivity index (χ1v) is 16.1. The first kappa shape index (κ1) is 37.4. The first-order chi connectivity index (χ1) is 23.8. The number of nitrogens with one attached hydrogen (secondary N) is 4. The van der Waals surface area contributed by atoms with Gasteiger partial charge < -0.3 is 25.8 Å². The lowest BCUT2D eigenvalue weighted by molar-refractivity contribution is -0.141. The summed E-state index contributed by atoms with van der Waals surface area (Å²) in [5, 5.41) is 32.2. The maximum absolute atomic E-state index is 13.7. The number of aliphatic carboxylic acids is 1. The number of amides is 3. The summed E-state index contributed by atoms with van der Waals surface area (Å²) in [6, 6.07) is 12.6. The number of aryl methyl sites for hydroxylation is 1. The van der Waals surface area contributed by atoms with E-state index in [2.05, 4.69) is 36.6 Å². The van der Waals surface area contributed by atoms with Gasteiger partial charge in [-0.25, -0.2) is 4.79 Å². The smallest absolute Gasteiger partial charge is 0.341 e. The number of carboxylic acid groups (broad SMARTS) is 1. The van der Waals surface area contributed by atoms with Crippen molar-refractivity contribution in [2.75, 3.05) is 6.61 Å². The number of ketones is 1. The van der Waals surface area contributed by atoms with Crippen molar-refractivity contribution < 1.29 is 38.6 Å². The molecule has 0 unspecified atom stereocenters. The molecule has 3 amide bonds. The van der Waals surface area contributed by atoms with Crippen LogP contribution in [0.1, 0.15) is 53.2 Å². The number of ether oxygens (including phenoxy) is 1. The summed E-state index contributed by atoms with van der Waals surface area (Å²) in [6.07, 6.45) is -0.687. The second kappa shape index (κ2) is 17.3. The topological polar surface area (TPSA) is 222 Å². The maximum atomic E-state index is 13.7. The average molecular weight is 727 g/mol. The van der Waals surface area contributed by atoms with Gasteiger partial charge in [-0.1, -0.05) is 84.7 Å². The van der Waals surface area contributed by atoms with Crippen molar-refractivity contribution in [2.45, 2.75) is 51.2 Å². The fourth-order valence-corrected chi connectivity index (χ4v) is 5.51. The minimum atomic E-state index is -1.63. The molecule has 1 heterocycles. The SMILES string of the molecule is CC(C)[C@H](NC(=O)[C@H](CCc1nn[nH]n1)NC(=O)c1cccc2ccccc12)C(=O)N[C@@H](CC(=O)O)C(=O)COC(=O)c1c(Cl)cccc1Cl. The predicted octanol–water partition coefficient (Wildman–Crippen LogP) is 2.92. The third kappa shape index (κ3) is 9.83. The number of carboxylic acids is 1. The van der Waals surface area contributed by atoms with E-state index in [1.807, 2.05) is 18.2 Å². The first-order valence-electron chi connectivity index (χ1n) is 15.3. The number of H-pyrrole nitrogens is 1. The van der Waals surface area contributed by atoms with Crippen LogP contribution >= 0.6 is 23.2 Å². The van der Waals surface area contributed by atoms with E-state index in [1.165, 1.54) is 18.2 Å². The van der Waals surface area contributed by atoms with Gasteiger partial charge in [-0.3, -0.25) is 24.0 Å². The van der Waals surface area contributed by atoms with Gasteiger partial charge in [0, 0.05) is 12.0 Å². The molecule has 3 aromatic carbocycles. The maximum Gasteiger partial charge on any atom is 0.341 e. The predicted molar refractivity (Wildman–Crippen MR) is 180 cm³/mol. The number of carbonyl (C=O) groups is 6. The van der Waals surface area contributed by atoms with Crippen LogP contribution in [0.4, 0.5) is 0 Å². The second-order valence-electron chi connectivity index (χ2n) is 11.4. The fourth-order valence-electron chi connectivity index (χ4n) is 4.96. The lowest BCUT2D eigenvalue weighted by atomic mass is 10.00. The normalized spacial score (nSPS) is 12.8. The Morgan fingerprint density at radius 2 is 1.54 bits per heavy atom. The van der Waals surface area contributed by atoms with E-state index in [0.29, 0.717) is 10.9 Å². The van der Waals surface area contributed by atoms with Crippen LogP contribution in [-0.2, 0) is 30.3 Å². The van der Waals surface area contributed by atoms with Gasteiger partial charge in [0.2, 0.25) is 11.8 Å². The summed E-state index contributed by atoms with van der Waals surface area (Å²) >= 11 is 12.0. The highest BCUT2D eigenvalue weighted by Crippen LogP contribution is 2.25. The van der Waals surface area contributed by atoms with E-state index in [9.17, 15) is 33.9 Å². The molecule has 0 aliphatic heterocycles. The van der Waals surface area contributed by atoms with E-state index in [1.54, 1.807) is 38.1 Å². The van der Waals surface area contributed by atoms with E-state index >= 15 is 0 Å². The molecule has 5 N–H and O–H groups in total. The van der Waals surface area contributed by atoms with E-state index in [0.717, 1.165) is 5.39 Å². The largest absolute Gasteiger partial charge is 0.481 e. The Morgan fingerprint density at radius 1 is 0.860 bits per heavy atom. The molecule has 0 fully saturated rings. The number of hydrogen-bond donors (Lipinski definition) is 5. The van der Waals surface area contributed by atoms with Crippen LogP contribution in [0.25, 0.3) is 10.8 Å². The minimum Gasteiger partial charge on any atom is -0.481 e. The molecule has 3 atom stereocenters. The zero-order valence-corrected chi connectivity index (χ0v) is 28.3. The summed E-state index contributed by atoms with van der Waals surface area (Å²) in [6.45, 7) is 2.34. The molecular weight excluding hydrogens is 693 g/mol. The van der Waals surface area contributed by atoms with Gasteiger partial charge >= 0.3 is 11.9 Å². The Bertz CT molecular complexity index is 1860. The molecule has 17 heteroatoms. The number of hydrogen-bond acceptors (Lipinski definition) is 10. The number of Topliss-reactive ketones (excluding diaryl/α,β-unsaturated/α-hetero) is 1. The molecule has 4 rings (SSSR count). The number of aromatic amines is 1. The van der Waals surface area contributed by atoms with Crippen LogP contribution in [-0.4, -0.2) is 85.9 Å². The van der Waals surface area contributed by atoms with Gasteiger partial charge in [0.15, 0.2) is 18.2 Å². The number of rotatable bonds is 16. The average Bonchev–Trinajstić information content (AvgIpc) is 3.60. The van der Waals surface area contributed by atoms with Gasteiger partial charge in [0.25, 0.3) is 5.91 Å². The van der Waals surface area contributed by atoms with Crippen molar-refractivity contribution in [3.63, 3.8) is 0 Å². The van der Waals surface area contributed by atoms with Gasteiger partial charge in [-0.05, 0) is 41.3 Å². The van der Waals surface area contributed by atoms with Gasteiger partial charge in [-0.15, -0.1) is 10.2 Å². The Kier molecular flexibility index (Phi) is 12.9. The van der Waals surface area contributed by atoms with Crippen molar-refractivity contribution in [1.29, 1.82) is 0 Å². The molecule has 0 bridgehead atoms. The molecule has 0 radical (unpaired) electrons. The van der Waals surface area contributed by atoms with Crippen LogP contribution < -0.4 is 16.0 Å². The third-order valence-corrected chi connectivity index (χ3v) is 8.18. The number of aromatic nitrogens is 4. The van der Waals surface area contributed by atoms with Crippen LogP contribution in [0.3, 0.4) is 0 Å². The zero-order valence-electron chi connectivity index (χ0n) is 26.8. The summed E-state index contributed by atoms with van der Waals surface area (Å²) in [5.41, 5.74) is 0.137. The molecule has 15 nitrogen and oxygen atoms in total. The summed E-state index contributed by atoms with van der Waals surface area (Å²) in [5.74, 6) is -5.83. The number of fused-ring (bicyclic) bond motifs is 1. The quantitative estimate of drug-likeness (QED) is 0.106. The summed E-state index contributed by atoms with van der Waals surface area (Å²) < 4.78 is 5.03. The molecule has 0 saturated heterocycles. The van der Waals surface area contributed by atoms with Gasteiger partial charge in [-0.2, -0.15) is 5.21 Å². The Hall–Kier alpha value is -5.41. The van der Waals surface area contributed by atoms with Gasteiger partial charge in [0.05, 0.1) is 22.0 Å². The van der Waals surface area contributed by atoms with Crippen molar-refractivity contribution in [1.82, 2.24) is 36.6 Å². The van der Waals surface area contributed by atoms with Gasteiger partial charge in [0.1, 0.15) is 18.1 Å². The highest BCUT2D eigenvalue weighted by molar-refractivity contribution is 6.39. The number of benzene rings is 3. The Labute approximate surface area is 295 Å². The van der Waals surface area contributed by atoms with Crippen molar-refractivity contribution in [2.24, 2.45) is 5.92 Å². The van der Waals surface area contributed by atoms with Crippen LogP contribution in [0.2, 0.25) is 10.0 Å². The van der Waals surface area contributed by atoms with Crippen LogP contribution in [0, 0.1) is 5.92 Å². The number of halogens is 2. The highest BCUT2D eigenvalue weighted by Gasteiger charge is 2.33. The third-order valence-electron chi connectivity index (χ3n) is 7.55. The van der Waals surface area contributed by atoms with Crippen LogP contribution in [0.15, 0.2) is 60.7 Å². The lowest BCUT2D eigenvalue weighted by Gasteiger charge is -2.27. The van der Waals surface area contributed by atoms with Crippen LogP contribution in [0.5, 0.6) is 0 Å². The molecule has 0 saturated carbocycles. The number of nitrogens with zero attached hydrogens (tertiary/aromatic N) is 3. The number of tetrazole rings is 1. The molecule has 1 aromatic heterocycles. The monoisotopic (exact) mass is 725 g/mol. The van der Waals surface area contributed by atoms with Crippen molar-refractivity contribution in [3.05, 3.63) is 87.7 Å². The standard InChI is InChI=1S/C33H33Cl2N7O8/c1-17(2)29(32(48)37-24(15-27(44)45)25(43)16-50-33(49)28-21(34)11-6-12-22(28)35)38-31(47)23(13-14-26-39-41-42-40-26)36-30(46)20-10-5-8-18-7-3-4-9-19(18)20/h3-12,17,23-24,29H,13-16H2,1-2H3,(H,36,46)(H,37,48)(H,38,47)(H,44,45)(H,39,40,41,42)/t23-,24-,29-/m0/s1. The molecule has 0 aliphatic carbocycles. The lowest BCUT2D eigenvalue weighted by Crippen LogP contribution is -2.58. The zero-order chi connectivity index (χ0) is 36.4. The number of carbonyl (C=O) groups excluding carboxylic acids is 5. The van der Waals surface area contributed by atoms with E-state index < -0.39 is 72.5 Å². The molecule has 262 valence electrons. The summed E-state index contributed by atoms with van der Waals surface area (Å²) in [7, 11) is 0. The molecule has 0 spiro atoms. The number of esters is 1. The second-order valence-corrected chi connectivity index (χ2v) is 12.3. The van der Waals surface area contributed by atoms with Crippen molar-refractivity contribution >= 4 is 69.4 Å². The minimum absolute atomic E-state index is 0.0231. The van der Waals surface area contributed by atoms with Crippen molar-refractivity contribution in [3.8, 4) is 0 Å². The molecule has 4 aromatic rings. The summed E-state index contributed by atoms with van der Waals surface area (Å²) in [4.78, 5) is 77.9. The molecule has 0 aliphatic rings.